The number of aromatic nitrogens is 5. The van der Waals surface area contributed by atoms with E-state index in [0.29, 0.717) is 16.3 Å². The zero-order valence-electron chi connectivity index (χ0n) is 12.2. The number of fused-ring (bicyclic) bond motifs is 1. The van der Waals surface area contributed by atoms with Gasteiger partial charge in [0.05, 0.1) is 5.69 Å². The zero-order valence-corrected chi connectivity index (χ0v) is 14.6. The van der Waals surface area contributed by atoms with Gasteiger partial charge in [-0.3, -0.25) is 0 Å². The van der Waals surface area contributed by atoms with Gasteiger partial charge >= 0.3 is 0 Å². The summed E-state index contributed by atoms with van der Waals surface area (Å²) in [5, 5.41) is 9.27. The van der Waals surface area contributed by atoms with Crippen LogP contribution < -0.4 is 0 Å². The molecule has 0 bridgehead atoms. The van der Waals surface area contributed by atoms with Crippen LogP contribution in [-0.2, 0) is 12.8 Å². The van der Waals surface area contributed by atoms with E-state index in [2.05, 4.69) is 31.1 Å². The van der Waals surface area contributed by atoms with E-state index in [9.17, 15) is 0 Å². The first-order valence-electron chi connectivity index (χ1n) is 6.91. The second kappa shape index (κ2) is 5.86. The highest BCUT2D eigenvalue weighted by Crippen LogP contribution is 2.27. The van der Waals surface area contributed by atoms with E-state index in [0.717, 1.165) is 22.3 Å². The minimum absolute atomic E-state index is 0.675. The first kappa shape index (κ1) is 14.5. The number of imidazole rings is 1. The first-order valence-corrected chi connectivity index (χ1v) is 8.69. The highest BCUT2D eigenvalue weighted by molar-refractivity contribution is 9.10. The summed E-state index contributed by atoms with van der Waals surface area (Å²) in [6, 6.07) is 9.67. The summed E-state index contributed by atoms with van der Waals surface area (Å²) in [5.41, 5.74) is 1.95. The van der Waals surface area contributed by atoms with Gasteiger partial charge in [0.15, 0.2) is 21.4 Å². The van der Waals surface area contributed by atoms with Crippen LogP contribution in [0.3, 0.4) is 0 Å². The summed E-state index contributed by atoms with van der Waals surface area (Å²) in [5.74, 6) is 2.12. The van der Waals surface area contributed by atoms with Crippen LogP contribution >= 0.6 is 27.7 Å². The van der Waals surface area contributed by atoms with Crippen molar-refractivity contribution in [2.24, 2.45) is 7.05 Å². The fraction of sp³-hybridized carbons (Fsp3) is 0.133. The van der Waals surface area contributed by atoms with Gasteiger partial charge in [-0.25, -0.2) is 4.98 Å². The van der Waals surface area contributed by atoms with E-state index in [1.165, 1.54) is 0 Å². The molecule has 0 saturated carbocycles. The lowest BCUT2D eigenvalue weighted by atomic mass is 10.4. The number of halogens is 1. The number of hydrogen-bond acceptors (Lipinski definition) is 5. The fourth-order valence-electron chi connectivity index (χ4n) is 2.28. The van der Waals surface area contributed by atoms with Gasteiger partial charge < -0.3 is 13.4 Å². The molecule has 8 heteroatoms. The Morgan fingerprint density at radius 2 is 2.13 bits per heavy atom. The molecule has 6 nitrogen and oxygen atoms in total. The van der Waals surface area contributed by atoms with E-state index in [1.54, 1.807) is 11.8 Å². The summed E-state index contributed by atoms with van der Waals surface area (Å²) in [7, 11) is 1.93. The summed E-state index contributed by atoms with van der Waals surface area (Å²) in [6.45, 7) is 0. The molecule has 0 N–H and O–H groups in total. The topological polar surface area (TPSA) is 61.2 Å². The zero-order chi connectivity index (χ0) is 15.8. The van der Waals surface area contributed by atoms with Gasteiger partial charge in [-0.15, -0.1) is 10.2 Å². The van der Waals surface area contributed by atoms with E-state index in [1.807, 2.05) is 58.7 Å². The third kappa shape index (κ3) is 2.79. The van der Waals surface area contributed by atoms with Crippen LogP contribution in [0.4, 0.5) is 0 Å². The molecule has 0 saturated heterocycles. The standard InChI is InChI=1S/C15H12BrN5OS/c1-20-14(11-5-6-12(16)22-11)18-19-15(20)23-9-10-8-21-7-3-2-4-13(21)17-10/h2-8H,9H2,1H3. The smallest absolute Gasteiger partial charge is 0.200 e. The van der Waals surface area contributed by atoms with E-state index in [4.69, 9.17) is 4.42 Å². The molecule has 0 fully saturated rings. The quantitative estimate of drug-likeness (QED) is 0.497. The van der Waals surface area contributed by atoms with Crippen molar-refractivity contribution in [3.63, 3.8) is 0 Å². The lowest BCUT2D eigenvalue weighted by Gasteiger charge is -2.00. The van der Waals surface area contributed by atoms with Crippen molar-refractivity contribution >= 4 is 33.3 Å². The van der Waals surface area contributed by atoms with Crippen LogP contribution in [0, 0.1) is 0 Å². The van der Waals surface area contributed by atoms with Gasteiger partial charge in [0, 0.05) is 25.2 Å². The molecule has 0 radical (unpaired) electrons. The highest BCUT2D eigenvalue weighted by atomic mass is 79.9. The number of pyridine rings is 1. The predicted molar refractivity (Wildman–Crippen MR) is 91.2 cm³/mol. The van der Waals surface area contributed by atoms with Crippen LogP contribution in [0.5, 0.6) is 0 Å². The van der Waals surface area contributed by atoms with Crippen molar-refractivity contribution in [3.8, 4) is 11.6 Å². The van der Waals surface area contributed by atoms with Crippen molar-refractivity contribution in [2.45, 2.75) is 10.9 Å². The van der Waals surface area contributed by atoms with Crippen molar-refractivity contribution in [3.05, 3.63) is 53.1 Å². The molecule has 0 aliphatic heterocycles. The molecule has 0 spiro atoms. The van der Waals surface area contributed by atoms with Gasteiger partial charge in [0.1, 0.15) is 5.65 Å². The van der Waals surface area contributed by atoms with Gasteiger partial charge in [0.25, 0.3) is 0 Å². The van der Waals surface area contributed by atoms with Gasteiger partial charge in [-0.05, 0) is 40.2 Å². The highest BCUT2D eigenvalue weighted by Gasteiger charge is 2.14. The molecule has 0 amide bonds. The van der Waals surface area contributed by atoms with Crippen LogP contribution in [0.15, 0.2) is 57.0 Å². The van der Waals surface area contributed by atoms with E-state index < -0.39 is 0 Å². The Morgan fingerprint density at radius 1 is 1.22 bits per heavy atom. The molecule has 23 heavy (non-hydrogen) atoms. The number of furan rings is 1. The van der Waals surface area contributed by atoms with Crippen molar-refractivity contribution in [2.75, 3.05) is 0 Å². The average Bonchev–Trinajstić information content (AvgIpc) is 3.23. The first-order chi connectivity index (χ1) is 11.2. The molecule has 0 atom stereocenters. The normalized spacial score (nSPS) is 11.4. The molecular weight excluding hydrogens is 378 g/mol. The molecule has 4 aromatic rings. The molecule has 0 aromatic carbocycles. The van der Waals surface area contributed by atoms with Gasteiger partial charge in [0.2, 0.25) is 0 Å². The SMILES string of the molecule is Cn1c(SCc2cn3ccccc3n2)nnc1-c1ccc(Br)o1. The molecule has 4 rings (SSSR count). The summed E-state index contributed by atoms with van der Waals surface area (Å²) >= 11 is 4.90. The van der Waals surface area contributed by atoms with Crippen LogP contribution in [0.25, 0.3) is 17.2 Å². The third-order valence-corrected chi connectivity index (χ3v) is 4.87. The van der Waals surface area contributed by atoms with Crippen LogP contribution in [0.2, 0.25) is 0 Å². The summed E-state index contributed by atoms with van der Waals surface area (Å²) < 4.78 is 10.1. The van der Waals surface area contributed by atoms with Gasteiger partial charge in [-0.2, -0.15) is 0 Å². The maximum absolute atomic E-state index is 5.53. The number of nitrogens with zero attached hydrogens (tertiary/aromatic N) is 5. The minimum atomic E-state index is 0.675. The number of rotatable bonds is 4. The van der Waals surface area contributed by atoms with Crippen molar-refractivity contribution in [1.29, 1.82) is 0 Å². The Labute approximate surface area is 144 Å². The van der Waals surface area contributed by atoms with Crippen LogP contribution in [-0.4, -0.2) is 24.1 Å². The lowest BCUT2D eigenvalue weighted by molar-refractivity contribution is 0.547. The molecule has 4 aromatic heterocycles. The molecule has 116 valence electrons. The second-order valence-electron chi connectivity index (χ2n) is 4.96. The largest absolute Gasteiger partial charge is 0.446 e. The number of hydrogen-bond donors (Lipinski definition) is 0. The monoisotopic (exact) mass is 389 g/mol. The second-order valence-corrected chi connectivity index (χ2v) is 6.68. The average molecular weight is 390 g/mol. The summed E-state index contributed by atoms with van der Waals surface area (Å²) in [6.07, 6.45) is 4.02. The Hall–Kier alpha value is -2.06. The Kier molecular flexibility index (Phi) is 3.70. The third-order valence-electron chi connectivity index (χ3n) is 3.39. The molecule has 4 heterocycles. The Balaban J connectivity index is 1.54. The minimum Gasteiger partial charge on any atom is -0.446 e. The maximum atomic E-state index is 5.53. The Bertz CT molecular complexity index is 940. The molecular formula is C15H12BrN5OS. The van der Waals surface area contributed by atoms with E-state index in [-0.39, 0.29) is 0 Å². The molecule has 0 aliphatic carbocycles. The van der Waals surface area contributed by atoms with Crippen LogP contribution in [0.1, 0.15) is 5.69 Å². The number of thioether (sulfide) groups is 1. The molecule has 0 aliphatic rings. The molecule has 0 unspecified atom stereocenters. The Morgan fingerprint density at radius 3 is 2.91 bits per heavy atom. The fourth-order valence-corrected chi connectivity index (χ4v) is 3.39. The van der Waals surface area contributed by atoms with Gasteiger partial charge in [-0.1, -0.05) is 17.8 Å². The summed E-state index contributed by atoms with van der Waals surface area (Å²) in [4.78, 5) is 4.59. The van der Waals surface area contributed by atoms with Crippen molar-refractivity contribution in [1.82, 2.24) is 24.1 Å². The lowest BCUT2D eigenvalue weighted by Crippen LogP contribution is -1.94. The maximum Gasteiger partial charge on any atom is 0.200 e. The van der Waals surface area contributed by atoms with E-state index >= 15 is 0 Å². The van der Waals surface area contributed by atoms with Crippen molar-refractivity contribution < 1.29 is 4.42 Å². The predicted octanol–water partition coefficient (Wildman–Crippen LogP) is 3.78.